The monoisotopic (exact) mass is 416 g/mol. The van der Waals surface area contributed by atoms with Crippen molar-refractivity contribution in [1.82, 2.24) is 0 Å². The Morgan fingerprint density at radius 3 is 1.32 bits per heavy atom. The largest absolute Gasteiger partial charge is 0.277 e. The number of rotatable bonds is 9. The van der Waals surface area contributed by atoms with E-state index in [-0.39, 0.29) is 0 Å². The first-order valence-corrected chi connectivity index (χ1v) is 11.5. The van der Waals surface area contributed by atoms with Gasteiger partial charge in [-0.25, -0.2) is 8.61 Å². The van der Waals surface area contributed by atoms with Gasteiger partial charge in [0.15, 0.2) is 0 Å². The molecule has 0 unspecified atom stereocenters. The molecule has 0 radical (unpaired) electrons. The van der Waals surface area contributed by atoms with Crippen LogP contribution in [0, 0.1) is 27.7 Å². The van der Waals surface area contributed by atoms with Gasteiger partial charge in [-0.05, 0) is 86.1 Å². The lowest BCUT2D eigenvalue weighted by Crippen LogP contribution is -2.17. The number of nitrogens with zero attached hydrogens (tertiary/aromatic N) is 2. The van der Waals surface area contributed by atoms with Gasteiger partial charge in [-0.1, -0.05) is 26.0 Å². The third-order valence-corrected chi connectivity index (χ3v) is 7.48. The minimum Gasteiger partial charge on any atom is -0.277 e. The molecular weight excluding hydrogens is 388 g/mol. The summed E-state index contributed by atoms with van der Waals surface area (Å²) >= 11 is 0. The maximum Gasteiger partial charge on any atom is 0.224 e. The third-order valence-electron chi connectivity index (χ3n) is 5.36. The van der Waals surface area contributed by atoms with Crippen molar-refractivity contribution in [3.63, 3.8) is 0 Å². The SMILES string of the molecule is CCc1ccc(N(C=O)SSN(C=O)c2ccc(CC)c(C)c2C)c(C)c1C. The number of carbonyl (C=O) groups is 2. The molecule has 2 amide bonds. The van der Waals surface area contributed by atoms with Gasteiger partial charge in [-0.15, -0.1) is 0 Å². The first-order chi connectivity index (χ1) is 13.4. The van der Waals surface area contributed by atoms with E-state index in [1.807, 2.05) is 26.0 Å². The van der Waals surface area contributed by atoms with Crippen molar-refractivity contribution < 1.29 is 9.59 Å². The summed E-state index contributed by atoms with van der Waals surface area (Å²) < 4.78 is 3.15. The highest BCUT2D eigenvalue weighted by atomic mass is 33.1. The molecule has 2 aromatic rings. The summed E-state index contributed by atoms with van der Waals surface area (Å²) in [5.41, 5.74) is 8.82. The lowest BCUT2D eigenvalue weighted by atomic mass is 10.00. The normalized spacial score (nSPS) is 10.6. The average molecular weight is 417 g/mol. The quantitative estimate of drug-likeness (QED) is 0.291. The van der Waals surface area contributed by atoms with E-state index in [0.717, 1.165) is 48.2 Å². The summed E-state index contributed by atoms with van der Waals surface area (Å²) in [4.78, 5) is 23.5. The van der Waals surface area contributed by atoms with Crippen LogP contribution in [0.3, 0.4) is 0 Å². The minimum atomic E-state index is 0.798. The van der Waals surface area contributed by atoms with Crippen molar-refractivity contribution in [2.75, 3.05) is 8.61 Å². The van der Waals surface area contributed by atoms with Crippen LogP contribution in [-0.4, -0.2) is 12.8 Å². The summed E-state index contributed by atoms with van der Waals surface area (Å²) in [6.07, 6.45) is 3.52. The van der Waals surface area contributed by atoms with Crippen LogP contribution < -0.4 is 8.61 Å². The molecule has 0 fully saturated rings. The minimum absolute atomic E-state index is 0.798. The lowest BCUT2D eigenvalue weighted by Gasteiger charge is -2.24. The molecule has 0 aliphatic heterocycles. The molecule has 2 rings (SSSR count). The molecule has 0 N–H and O–H groups in total. The Morgan fingerprint density at radius 2 is 1.04 bits per heavy atom. The standard InChI is InChI=1S/C22H28N2O2S2/c1-7-19-9-11-21(17(5)15(19)3)23(13-25)27-28-24(14-26)22-12-10-20(8-2)16(4)18(22)6/h9-14H,7-8H2,1-6H3. The summed E-state index contributed by atoms with van der Waals surface area (Å²) in [7, 11) is 2.48. The maximum absolute atomic E-state index is 11.8. The number of carbonyl (C=O) groups excluding carboxylic acids is 2. The second kappa shape index (κ2) is 10.0. The highest BCUT2D eigenvalue weighted by Gasteiger charge is 2.18. The van der Waals surface area contributed by atoms with Crippen molar-refractivity contribution in [3.05, 3.63) is 57.6 Å². The average Bonchev–Trinajstić information content (AvgIpc) is 2.71. The van der Waals surface area contributed by atoms with E-state index in [1.165, 1.54) is 44.2 Å². The number of anilines is 2. The molecule has 0 atom stereocenters. The summed E-state index contributed by atoms with van der Waals surface area (Å²) in [6.45, 7) is 12.5. The van der Waals surface area contributed by atoms with E-state index in [1.54, 1.807) is 8.61 Å². The van der Waals surface area contributed by atoms with Gasteiger partial charge in [0.05, 0.1) is 33.3 Å². The van der Waals surface area contributed by atoms with Gasteiger partial charge >= 0.3 is 0 Å². The predicted octanol–water partition coefficient (Wildman–Crippen LogP) is 5.88. The van der Waals surface area contributed by atoms with Gasteiger partial charge in [0, 0.05) is 0 Å². The molecule has 0 aromatic heterocycles. The van der Waals surface area contributed by atoms with Gasteiger partial charge in [-0.3, -0.25) is 9.59 Å². The van der Waals surface area contributed by atoms with E-state index < -0.39 is 0 Å². The third kappa shape index (κ3) is 4.55. The fourth-order valence-electron chi connectivity index (χ4n) is 3.27. The van der Waals surface area contributed by atoms with Crippen molar-refractivity contribution in [1.29, 1.82) is 0 Å². The Kier molecular flexibility index (Phi) is 8.01. The maximum atomic E-state index is 11.8. The molecule has 28 heavy (non-hydrogen) atoms. The summed E-state index contributed by atoms with van der Waals surface area (Å²) in [5, 5.41) is 0. The zero-order valence-electron chi connectivity index (χ0n) is 17.4. The highest BCUT2D eigenvalue weighted by Crippen LogP contribution is 2.39. The van der Waals surface area contributed by atoms with Crippen LogP contribution in [-0.2, 0) is 22.4 Å². The van der Waals surface area contributed by atoms with Gasteiger partial charge in [0.25, 0.3) is 0 Å². The second-order valence-corrected chi connectivity index (χ2v) is 8.69. The zero-order chi connectivity index (χ0) is 20.8. The molecule has 150 valence electrons. The van der Waals surface area contributed by atoms with Crippen molar-refractivity contribution in [2.45, 2.75) is 54.4 Å². The molecule has 6 heteroatoms. The van der Waals surface area contributed by atoms with Crippen LogP contribution in [0.1, 0.15) is 47.2 Å². The Labute approximate surface area is 176 Å². The Balaban J connectivity index is 2.25. The molecule has 0 bridgehead atoms. The van der Waals surface area contributed by atoms with Crippen LogP contribution in [0.25, 0.3) is 0 Å². The van der Waals surface area contributed by atoms with Crippen molar-refractivity contribution in [3.8, 4) is 0 Å². The fourth-order valence-corrected chi connectivity index (χ4v) is 5.16. The van der Waals surface area contributed by atoms with E-state index >= 15 is 0 Å². The number of aryl methyl sites for hydroxylation is 2. The van der Waals surface area contributed by atoms with Gasteiger partial charge < -0.3 is 0 Å². The Morgan fingerprint density at radius 1 is 0.679 bits per heavy atom. The molecule has 0 heterocycles. The van der Waals surface area contributed by atoms with E-state index in [4.69, 9.17) is 0 Å². The van der Waals surface area contributed by atoms with Crippen LogP contribution >= 0.6 is 22.0 Å². The zero-order valence-corrected chi connectivity index (χ0v) is 19.0. The van der Waals surface area contributed by atoms with Crippen LogP contribution in [0.5, 0.6) is 0 Å². The molecule has 4 nitrogen and oxygen atoms in total. The number of hydrogen-bond acceptors (Lipinski definition) is 4. The first-order valence-electron chi connectivity index (χ1n) is 9.41. The summed E-state index contributed by atoms with van der Waals surface area (Å²) in [5.74, 6) is 0. The van der Waals surface area contributed by atoms with Crippen LogP contribution in [0.2, 0.25) is 0 Å². The number of benzene rings is 2. The molecule has 0 aliphatic carbocycles. The smallest absolute Gasteiger partial charge is 0.224 e. The number of hydrogen-bond donors (Lipinski definition) is 0. The Bertz CT molecular complexity index is 797. The van der Waals surface area contributed by atoms with Crippen molar-refractivity contribution in [2.24, 2.45) is 0 Å². The lowest BCUT2D eigenvalue weighted by molar-refractivity contribution is -0.107. The van der Waals surface area contributed by atoms with E-state index in [0.29, 0.717) is 0 Å². The molecule has 2 aromatic carbocycles. The highest BCUT2D eigenvalue weighted by molar-refractivity contribution is 8.78. The molecule has 0 aliphatic rings. The van der Waals surface area contributed by atoms with Crippen LogP contribution in [0.15, 0.2) is 24.3 Å². The van der Waals surface area contributed by atoms with Crippen LogP contribution in [0.4, 0.5) is 11.4 Å². The summed E-state index contributed by atoms with van der Waals surface area (Å²) in [6, 6.07) is 8.07. The fraction of sp³-hybridized carbons (Fsp3) is 0.364. The van der Waals surface area contributed by atoms with E-state index in [2.05, 4.69) is 39.8 Å². The van der Waals surface area contributed by atoms with Gasteiger partial charge in [0.1, 0.15) is 0 Å². The van der Waals surface area contributed by atoms with Gasteiger partial charge in [0.2, 0.25) is 12.8 Å². The first kappa shape index (κ1) is 22.4. The Hall–Kier alpha value is -1.92. The second-order valence-electron chi connectivity index (χ2n) is 6.71. The molecule has 0 saturated carbocycles. The van der Waals surface area contributed by atoms with Gasteiger partial charge in [-0.2, -0.15) is 0 Å². The molecule has 0 spiro atoms. The topological polar surface area (TPSA) is 40.6 Å². The number of amides is 2. The molecule has 0 saturated heterocycles. The van der Waals surface area contributed by atoms with Crippen molar-refractivity contribution >= 4 is 46.2 Å². The van der Waals surface area contributed by atoms with E-state index in [9.17, 15) is 9.59 Å². The molecular formula is C22H28N2O2S2. The predicted molar refractivity (Wildman–Crippen MR) is 123 cm³/mol.